The summed E-state index contributed by atoms with van der Waals surface area (Å²) in [5.41, 5.74) is 0. The third-order valence-corrected chi connectivity index (χ3v) is 0. The van der Waals surface area contributed by atoms with E-state index in [1.165, 1.54) is 0 Å². The van der Waals surface area contributed by atoms with Crippen molar-refractivity contribution in [3.63, 3.8) is 0 Å². The number of hydrogen-bond donors (Lipinski definition) is 0. The molecule has 0 amide bonds. The Kier molecular flexibility index (Phi) is 236. The van der Waals surface area contributed by atoms with Gasteiger partial charge in [-0.05, 0) is 0 Å². The van der Waals surface area contributed by atoms with E-state index in [0.717, 1.165) is 0 Å². The summed E-state index contributed by atoms with van der Waals surface area (Å²) >= 11 is 0. The van der Waals surface area contributed by atoms with Gasteiger partial charge in [-0.25, -0.2) is 0 Å². The molecular weight excluding hydrogens is 367 g/mol. The molecule has 0 nitrogen and oxygen atoms in total. The Balaban J connectivity index is 0. The van der Waals surface area contributed by atoms with E-state index >= 15 is 0 Å². The van der Waals surface area contributed by atoms with Crippen molar-refractivity contribution >= 4 is 97.1 Å². The molecular formula is H3AlAs3In. The van der Waals surface area contributed by atoms with Crippen LogP contribution in [0.4, 0.5) is 0 Å². The van der Waals surface area contributed by atoms with Gasteiger partial charge in [-0.15, -0.1) is 0 Å². The molecule has 0 fully saturated rings. The third kappa shape index (κ3) is 19.3. The van der Waals surface area contributed by atoms with E-state index in [-0.39, 0.29) is 97.1 Å². The summed E-state index contributed by atoms with van der Waals surface area (Å²) in [6.07, 6.45) is 0. The average molecular weight is 370 g/mol. The Labute approximate surface area is 95.5 Å². The van der Waals surface area contributed by atoms with Gasteiger partial charge in [0.05, 0.1) is 0 Å². The van der Waals surface area contributed by atoms with Crippen molar-refractivity contribution in [1.29, 1.82) is 0 Å². The fraction of sp³-hybridized carbons (Fsp3) is 0. The summed E-state index contributed by atoms with van der Waals surface area (Å²) in [4.78, 5) is 0. The Bertz CT molecular complexity index is 6.85. The van der Waals surface area contributed by atoms with Crippen molar-refractivity contribution in [3.05, 3.63) is 0 Å². The van der Waals surface area contributed by atoms with Crippen LogP contribution in [0.3, 0.4) is 0 Å². The first-order valence-corrected chi connectivity index (χ1v) is 0. The minimum absolute atomic E-state index is 0. The first kappa shape index (κ1) is 42.7. The van der Waals surface area contributed by atoms with E-state index < -0.39 is 0 Å². The van der Waals surface area contributed by atoms with Crippen LogP contribution in [0.5, 0.6) is 0 Å². The molecule has 0 spiro atoms. The van der Waals surface area contributed by atoms with Crippen LogP contribution in [0.25, 0.3) is 0 Å². The van der Waals surface area contributed by atoms with Gasteiger partial charge in [-0.1, -0.05) is 0 Å². The van der Waals surface area contributed by atoms with Gasteiger partial charge in [-0.2, -0.15) is 0 Å². The van der Waals surface area contributed by atoms with Crippen molar-refractivity contribution in [2.45, 2.75) is 0 Å². The molecule has 0 saturated carbocycles. The van der Waals surface area contributed by atoms with Crippen molar-refractivity contribution in [1.82, 2.24) is 0 Å². The van der Waals surface area contributed by atoms with Gasteiger partial charge >= 0.3 is 61.2 Å². The molecule has 0 aliphatic rings. The third-order valence-electron chi connectivity index (χ3n) is 0. The summed E-state index contributed by atoms with van der Waals surface area (Å²) in [7, 11) is 0. The van der Waals surface area contributed by atoms with Gasteiger partial charge in [0, 0.05) is 0 Å². The maximum atomic E-state index is 0. The van der Waals surface area contributed by atoms with E-state index in [4.69, 9.17) is 0 Å². The van der Waals surface area contributed by atoms with Crippen LogP contribution in [0.15, 0.2) is 0 Å². The predicted octanol–water partition coefficient (Wildman–Crippen LogP) is -2.71. The first-order valence-electron chi connectivity index (χ1n) is 0. The number of rotatable bonds is 0. The quantitative estimate of drug-likeness (QED) is 0.408. The van der Waals surface area contributed by atoms with Crippen LogP contribution in [0, 0.1) is 0 Å². The fourth-order valence-corrected chi connectivity index (χ4v) is 0. The molecule has 1 atom stereocenters. The largest absolute Gasteiger partial charge is 3.00 e. The zero-order valence-electron chi connectivity index (χ0n) is 2.76. The van der Waals surface area contributed by atoms with E-state index in [1.807, 2.05) is 0 Å². The van der Waals surface area contributed by atoms with Crippen LogP contribution in [0.1, 0.15) is 0 Å². The predicted molar refractivity (Wildman–Crippen MR) is 33.0 cm³/mol. The monoisotopic (exact) mass is 370 g/mol. The molecule has 0 radical (unpaired) electrons. The molecule has 0 N–H and O–H groups in total. The topological polar surface area (TPSA) is 0 Å². The molecule has 5 heteroatoms. The smallest absolute Gasteiger partial charge is 3.00 e. The van der Waals surface area contributed by atoms with E-state index in [1.54, 1.807) is 0 Å². The minimum Gasteiger partial charge on any atom is 3.00 e. The Morgan fingerprint density at radius 2 is 0.800 bits per heavy atom. The molecule has 0 aromatic carbocycles. The van der Waals surface area contributed by atoms with Crippen LogP contribution in [-0.4, -0.2) is 97.1 Å². The summed E-state index contributed by atoms with van der Waals surface area (Å²) in [6, 6.07) is 0. The second-order valence-electron chi connectivity index (χ2n) is 0. The average Bonchev–Trinajstić information content (AvgIpc) is 0. The summed E-state index contributed by atoms with van der Waals surface area (Å²) in [5, 5.41) is 0. The first-order chi connectivity index (χ1) is 0. The molecule has 1 unspecified atom stereocenters. The number of hydrogen-bond acceptors (Lipinski definition) is 0. The molecule has 5 heavy (non-hydrogen) atoms. The van der Waals surface area contributed by atoms with Crippen LogP contribution in [-0.2, 0) is 0 Å². The second kappa shape index (κ2) is 27.6. The van der Waals surface area contributed by atoms with E-state index in [0.29, 0.717) is 0 Å². The SMILES string of the molecule is [Al+3].[As-3].[As-3].[AsH3].[In+3]. The maximum Gasteiger partial charge on any atom is 3.00 e. The molecule has 24 valence electrons. The van der Waals surface area contributed by atoms with Gasteiger partial charge < -0.3 is 35.9 Å². The van der Waals surface area contributed by atoms with Gasteiger partial charge in [-0.3, -0.25) is 0 Å². The van der Waals surface area contributed by atoms with Crippen molar-refractivity contribution in [3.8, 4) is 0 Å². The van der Waals surface area contributed by atoms with E-state index in [2.05, 4.69) is 0 Å². The molecule has 0 heterocycles. The fourth-order valence-electron chi connectivity index (χ4n) is 0. The van der Waals surface area contributed by atoms with Gasteiger partial charge in [0.2, 0.25) is 0 Å². The zero-order chi connectivity index (χ0) is 0. The normalized spacial score (nSPS) is 0. The molecule has 0 aliphatic heterocycles. The van der Waals surface area contributed by atoms with Crippen LogP contribution < -0.4 is 0 Å². The molecule has 0 bridgehead atoms. The Morgan fingerprint density at radius 3 is 0.800 bits per heavy atom. The van der Waals surface area contributed by atoms with Crippen LogP contribution in [0.2, 0.25) is 0 Å². The zero-order valence-corrected chi connectivity index (χ0v) is 13.9. The standard InChI is InChI=1S/Al.AsH3.2As.In/h;1H3;;;/q+3;;2*-3;+3. The maximum absolute atomic E-state index is 0. The van der Waals surface area contributed by atoms with Crippen molar-refractivity contribution < 1.29 is 0 Å². The molecule has 0 aromatic heterocycles. The molecule has 0 saturated heterocycles. The summed E-state index contributed by atoms with van der Waals surface area (Å²) < 4.78 is 0. The summed E-state index contributed by atoms with van der Waals surface area (Å²) in [6.45, 7) is 0. The van der Waals surface area contributed by atoms with Crippen molar-refractivity contribution in [2.75, 3.05) is 0 Å². The molecule has 0 aromatic rings. The van der Waals surface area contributed by atoms with Crippen molar-refractivity contribution in [2.24, 2.45) is 0 Å². The Hall–Kier alpha value is 3.08. The molecule has 0 aliphatic carbocycles. The molecule has 0 rings (SSSR count). The van der Waals surface area contributed by atoms with Gasteiger partial charge in [0.15, 0.2) is 0 Å². The van der Waals surface area contributed by atoms with Crippen LogP contribution >= 0.6 is 0 Å². The van der Waals surface area contributed by atoms with Gasteiger partial charge in [0.25, 0.3) is 0 Å². The summed E-state index contributed by atoms with van der Waals surface area (Å²) in [5.74, 6) is 0. The second-order valence-corrected chi connectivity index (χ2v) is 0. The minimum atomic E-state index is 0. The Morgan fingerprint density at radius 1 is 0.800 bits per heavy atom. The van der Waals surface area contributed by atoms with E-state index in [9.17, 15) is 0 Å². The van der Waals surface area contributed by atoms with Gasteiger partial charge in [0.1, 0.15) is 0 Å².